The van der Waals surface area contributed by atoms with Crippen LogP contribution in [0.1, 0.15) is 105 Å². The second-order valence-electron chi connectivity index (χ2n) is 11.0. The molecule has 1 N–H and O–H groups in total. The predicted molar refractivity (Wildman–Crippen MR) is 133 cm³/mol. The van der Waals surface area contributed by atoms with Gasteiger partial charge in [0.2, 0.25) is 0 Å². The van der Waals surface area contributed by atoms with E-state index in [2.05, 4.69) is 47.4 Å². The van der Waals surface area contributed by atoms with E-state index in [-0.39, 0.29) is 29.6 Å². The highest BCUT2D eigenvalue weighted by molar-refractivity contribution is 6.74. The Kier molecular flexibility index (Phi) is 12.6. The molecule has 0 bridgehead atoms. The van der Waals surface area contributed by atoms with E-state index < -0.39 is 14.4 Å². The molecule has 1 aliphatic rings. The summed E-state index contributed by atoms with van der Waals surface area (Å²) in [5, 5.41) is 10.9. The number of esters is 1. The summed E-state index contributed by atoms with van der Waals surface area (Å²) in [5.41, 5.74) is 0.402. The van der Waals surface area contributed by atoms with Crippen LogP contribution in [0.15, 0.2) is 12.2 Å². The van der Waals surface area contributed by atoms with Crippen LogP contribution in [-0.2, 0) is 14.0 Å². The van der Waals surface area contributed by atoms with Gasteiger partial charge in [-0.2, -0.15) is 0 Å². The zero-order valence-corrected chi connectivity index (χ0v) is 22.3. The molecular weight excluding hydrogens is 404 g/mol. The Morgan fingerprint density at radius 3 is 1.97 bits per heavy atom. The van der Waals surface area contributed by atoms with Crippen molar-refractivity contribution in [2.45, 2.75) is 135 Å². The number of carbonyl (C=O) groups is 1. The van der Waals surface area contributed by atoms with Crippen molar-refractivity contribution in [3.63, 3.8) is 0 Å². The molecule has 4 nitrogen and oxygen atoms in total. The van der Waals surface area contributed by atoms with Crippen LogP contribution in [0.25, 0.3) is 0 Å². The minimum Gasteiger partial charge on any atom is -0.458 e. The lowest BCUT2D eigenvalue weighted by Crippen LogP contribution is -2.44. The normalized spacial score (nSPS) is 20.9. The Bertz CT molecular complexity index is 538. The van der Waals surface area contributed by atoms with Crippen LogP contribution in [0.5, 0.6) is 0 Å². The number of hydrogen-bond donors (Lipinski definition) is 1. The number of cyclic esters (lactones) is 1. The molecule has 5 heteroatoms. The van der Waals surface area contributed by atoms with Gasteiger partial charge in [-0.15, -0.1) is 0 Å². The van der Waals surface area contributed by atoms with E-state index >= 15 is 0 Å². The Morgan fingerprint density at radius 2 is 1.48 bits per heavy atom. The van der Waals surface area contributed by atoms with Gasteiger partial charge in [0.05, 0.1) is 18.6 Å². The van der Waals surface area contributed by atoms with Crippen molar-refractivity contribution in [1.29, 1.82) is 0 Å². The number of carbonyl (C=O) groups excluding carboxylic acids is 1. The van der Waals surface area contributed by atoms with E-state index in [9.17, 15) is 9.90 Å². The first-order valence-corrected chi connectivity index (χ1v) is 15.6. The fourth-order valence-electron chi connectivity index (χ4n) is 3.99. The van der Waals surface area contributed by atoms with Crippen molar-refractivity contribution in [2.75, 3.05) is 6.61 Å². The number of aliphatic hydroxyl groups is 1. The molecule has 1 saturated heterocycles. The van der Waals surface area contributed by atoms with Gasteiger partial charge in [0, 0.05) is 5.57 Å². The third kappa shape index (κ3) is 9.79. The van der Waals surface area contributed by atoms with Crippen molar-refractivity contribution < 1.29 is 19.1 Å². The van der Waals surface area contributed by atoms with Gasteiger partial charge in [0.15, 0.2) is 8.32 Å². The summed E-state index contributed by atoms with van der Waals surface area (Å²) < 4.78 is 11.7. The van der Waals surface area contributed by atoms with Crippen LogP contribution in [0, 0.1) is 5.92 Å². The summed E-state index contributed by atoms with van der Waals surface area (Å²) >= 11 is 0. The monoisotopic (exact) mass is 454 g/mol. The van der Waals surface area contributed by atoms with Crippen LogP contribution >= 0.6 is 0 Å². The summed E-state index contributed by atoms with van der Waals surface area (Å²) in [6.07, 6.45) is 14.0. The lowest BCUT2D eigenvalue weighted by atomic mass is 9.88. The lowest BCUT2D eigenvalue weighted by Gasteiger charge is -2.37. The van der Waals surface area contributed by atoms with Crippen LogP contribution in [0.4, 0.5) is 0 Å². The smallest absolute Gasteiger partial charge is 0.334 e. The molecule has 1 rings (SSSR count). The summed E-state index contributed by atoms with van der Waals surface area (Å²) in [6, 6.07) is 0. The number of unbranched alkanes of at least 4 members (excludes halogenated alkanes) is 10. The number of aliphatic hydroxyl groups excluding tert-OH is 1. The first kappa shape index (κ1) is 28.4. The third-order valence-corrected chi connectivity index (χ3v) is 11.8. The first-order valence-electron chi connectivity index (χ1n) is 12.7. The average Bonchev–Trinajstić information content (AvgIpc) is 2.97. The van der Waals surface area contributed by atoms with Gasteiger partial charge in [0.25, 0.3) is 0 Å². The number of ether oxygens (including phenoxy) is 1. The Hall–Kier alpha value is -0.653. The molecule has 0 aromatic heterocycles. The van der Waals surface area contributed by atoms with Crippen molar-refractivity contribution in [3.05, 3.63) is 12.2 Å². The zero-order chi connectivity index (χ0) is 23.5. The standard InChI is InChI=1S/C26H50O4Si/c1-8-9-10-11-12-13-14-15-16-17-18-19-23-24(21(2)25(28)30-23)22(27)20-29-31(6,7)26(3,4)5/h22-24,27H,2,8-20H2,1,3-7H3/t22-,23+,24+/m1/s1. The van der Waals surface area contributed by atoms with Crippen LogP contribution in [0.3, 0.4) is 0 Å². The van der Waals surface area contributed by atoms with Crippen LogP contribution in [0.2, 0.25) is 18.1 Å². The summed E-state index contributed by atoms with van der Waals surface area (Å²) in [5.74, 6) is -0.704. The van der Waals surface area contributed by atoms with E-state index in [1.54, 1.807) is 0 Å². The maximum Gasteiger partial charge on any atom is 0.334 e. The molecule has 0 aromatic rings. The molecule has 1 aliphatic heterocycles. The van der Waals surface area contributed by atoms with E-state index in [1.807, 2.05) is 0 Å². The molecule has 1 heterocycles. The minimum absolute atomic E-state index is 0.0840. The topological polar surface area (TPSA) is 55.8 Å². The molecular formula is C26H50O4Si. The molecule has 3 atom stereocenters. The molecule has 0 radical (unpaired) electrons. The molecule has 0 saturated carbocycles. The van der Waals surface area contributed by atoms with E-state index in [0.29, 0.717) is 5.57 Å². The lowest BCUT2D eigenvalue weighted by molar-refractivity contribution is -0.139. The number of rotatable bonds is 16. The highest BCUT2D eigenvalue weighted by atomic mass is 28.4. The van der Waals surface area contributed by atoms with Crippen molar-refractivity contribution >= 4 is 14.3 Å². The second kappa shape index (κ2) is 13.8. The van der Waals surface area contributed by atoms with E-state index in [4.69, 9.17) is 9.16 Å². The molecule has 1 fully saturated rings. The molecule has 0 unspecified atom stereocenters. The Balaban J connectivity index is 2.32. The molecule has 0 spiro atoms. The summed E-state index contributed by atoms with van der Waals surface area (Å²) in [6.45, 7) is 17.3. The third-order valence-electron chi connectivity index (χ3n) is 7.25. The first-order chi connectivity index (χ1) is 14.5. The summed E-state index contributed by atoms with van der Waals surface area (Å²) in [7, 11) is -1.95. The van der Waals surface area contributed by atoms with Crippen LogP contribution < -0.4 is 0 Å². The van der Waals surface area contributed by atoms with Gasteiger partial charge in [-0.3, -0.25) is 0 Å². The van der Waals surface area contributed by atoms with Gasteiger partial charge >= 0.3 is 5.97 Å². The maximum atomic E-state index is 12.1. The van der Waals surface area contributed by atoms with Crippen LogP contribution in [-0.4, -0.2) is 38.2 Å². The highest BCUT2D eigenvalue weighted by Crippen LogP contribution is 2.38. The quantitative estimate of drug-likeness (QED) is 0.116. The largest absolute Gasteiger partial charge is 0.458 e. The number of hydrogen-bond acceptors (Lipinski definition) is 4. The van der Waals surface area contributed by atoms with Crippen molar-refractivity contribution in [1.82, 2.24) is 0 Å². The van der Waals surface area contributed by atoms with Gasteiger partial charge in [-0.1, -0.05) is 98.5 Å². The Labute approximate surface area is 193 Å². The molecule has 31 heavy (non-hydrogen) atoms. The van der Waals surface area contributed by atoms with Gasteiger partial charge in [0.1, 0.15) is 6.10 Å². The Morgan fingerprint density at radius 1 is 1.00 bits per heavy atom. The molecule has 0 aromatic carbocycles. The molecule has 0 amide bonds. The fourth-order valence-corrected chi connectivity index (χ4v) is 5.01. The van der Waals surface area contributed by atoms with Crippen molar-refractivity contribution in [2.24, 2.45) is 5.92 Å². The second-order valence-corrected chi connectivity index (χ2v) is 15.8. The minimum atomic E-state index is -1.95. The zero-order valence-electron chi connectivity index (χ0n) is 21.3. The SMILES string of the molecule is C=C1C(=O)O[C@@H](CCCCCCCCCCCCC)[C@@H]1[C@H](O)CO[Si](C)(C)C(C)(C)C. The van der Waals surface area contributed by atoms with Gasteiger partial charge < -0.3 is 14.3 Å². The summed E-state index contributed by atoms with van der Waals surface area (Å²) in [4.78, 5) is 12.1. The average molecular weight is 455 g/mol. The molecule has 0 aliphatic carbocycles. The van der Waals surface area contributed by atoms with Gasteiger partial charge in [-0.05, 0) is 31.0 Å². The maximum absolute atomic E-state index is 12.1. The van der Waals surface area contributed by atoms with Gasteiger partial charge in [-0.25, -0.2) is 4.79 Å². The fraction of sp³-hybridized carbons (Fsp3) is 0.885. The van der Waals surface area contributed by atoms with Crippen molar-refractivity contribution in [3.8, 4) is 0 Å². The highest BCUT2D eigenvalue weighted by Gasteiger charge is 2.44. The molecule has 182 valence electrons. The predicted octanol–water partition coefficient (Wildman–Crippen LogP) is 7.17. The van der Waals surface area contributed by atoms with E-state index in [0.717, 1.165) is 19.3 Å². The van der Waals surface area contributed by atoms with E-state index in [1.165, 1.54) is 57.8 Å².